The summed E-state index contributed by atoms with van der Waals surface area (Å²) in [6.07, 6.45) is 9.77. The van der Waals surface area contributed by atoms with Crippen LogP contribution in [0.1, 0.15) is 0 Å². The number of halogens is 1. The third kappa shape index (κ3) is 2.85. The van der Waals surface area contributed by atoms with Crippen LogP contribution >= 0.6 is 11.6 Å². The molecule has 0 saturated heterocycles. The van der Waals surface area contributed by atoms with Gasteiger partial charge in [0.1, 0.15) is 0 Å². The Hall–Kier alpha value is -0.530. The van der Waals surface area contributed by atoms with Gasteiger partial charge in [-0.15, -0.1) is 0 Å². The van der Waals surface area contributed by atoms with Crippen molar-refractivity contribution < 1.29 is 0 Å². The summed E-state index contributed by atoms with van der Waals surface area (Å²) >= 11 is 5.76. The van der Waals surface area contributed by atoms with Crippen molar-refractivity contribution in [3.05, 3.63) is 35.4 Å². The minimum absolute atomic E-state index is 0.778. The van der Waals surface area contributed by atoms with Gasteiger partial charge in [-0.2, -0.15) is 0 Å². The lowest BCUT2D eigenvalue weighted by molar-refractivity contribution is 0.843. The van der Waals surface area contributed by atoms with Gasteiger partial charge in [0, 0.05) is 18.1 Å². The van der Waals surface area contributed by atoms with Crippen LogP contribution in [0.25, 0.3) is 0 Å². The Balaban J connectivity index is 2.60. The summed E-state index contributed by atoms with van der Waals surface area (Å²) in [5.74, 6) is 0. The Bertz CT molecular complexity index is 180. The third-order valence-electron chi connectivity index (χ3n) is 1.19. The lowest BCUT2D eigenvalue weighted by Crippen LogP contribution is -2.12. The van der Waals surface area contributed by atoms with Gasteiger partial charge in [0.2, 0.25) is 0 Å². The molecule has 0 amide bonds. The lowest BCUT2D eigenvalue weighted by atomic mass is 10.4. The molecule has 1 rings (SSSR count). The Morgan fingerprint density at radius 3 is 3.00 bits per heavy atom. The summed E-state index contributed by atoms with van der Waals surface area (Å²) in [5, 5.41) is 3.96. The van der Waals surface area contributed by atoms with E-state index in [2.05, 4.69) is 5.32 Å². The SMILES string of the molecule is ClC1=C/C=C/CNC\C=C\1. The second-order valence-electron chi connectivity index (χ2n) is 2.04. The summed E-state index contributed by atoms with van der Waals surface area (Å²) < 4.78 is 0. The Kier molecular flexibility index (Phi) is 3.27. The summed E-state index contributed by atoms with van der Waals surface area (Å²) in [4.78, 5) is 0. The fourth-order valence-corrected chi connectivity index (χ4v) is 0.867. The third-order valence-corrected chi connectivity index (χ3v) is 1.44. The summed E-state index contributed by atoms with van der Waals surface area (Å²) in [6.45, 7) is 1.79. The monoisotopic (exact) mass is 155 g/mol. The minimum Gasteiger partial charge on any atom is -0.310 e. The second kappa shape index (κ2) is 4.31. The van der Waals surface area contributed by atoms with Crippen LogP contribution in [-0.2, 0) is 0 Å². The predicted octanol–water partition coefficient (Wildman–Crippen LogP) is 1.82. The van der Waals surface area contributed by atoms with E-state index in [1.807, 2.05) is 30.4 Å². The number of hydrogen-bond donors (Lipinski definition) is 1. The van der Waals surface area contributed by atoms with E-state index in [4.69, 9.17) is 11.6 Å². The van der Waals surface area contributed by atoms with E-state index in [1.165, 1.54) is 0 Å². The highest BCUT2D eigenvalue weighted by Gasteiger charge is 1.84. The Morgan fingerprint density at radius 2 is 2.10 bits per heavy atom. The molecule has 1 N–H and O–H groups in total. The molecule has 1 aliphatic heterocycles. The molecule has 0 aromatic heterocycles. The van der Waals surface area contributed by atoms with E-state index in [0.29, 0.717) is 0 Å². The average Bonchev–Trinajstić information content (AvgIpc) is 2.02. The summed E-state index contributed by atoms with van der Waals surface area (Å²) in [6, 6.07) is 0. The number of nitrogens with one attached hydrogen (secondary N) is 1. The van der Waals surface area contributed by atoms with Gasteiger partial charge in [-0.05, 0) is 12.2 Å². The van der Waals surface area contributed by atoms with Crippen LogP contribution in [0.4, 0.5) is 0 Å². The van der Waals surface area contributed by atoms with Crippen molar-refractivity contribution in [1.29, 1.82) is 0 Å². The number of allylic oxidation sites excluding steroid dienone is 4. The van der Waals surface area contributed by atoms with E-state index in [-0.39, 0.29) is 0 Å². The maximum Gasteiger partial charge on any atom is 0.0403 e. The molecule has 0 radical (unpaired) electrons. The van der Waals surface area contributed by atoms with Crippen LogP contribution in [-0.4, -0.2) is 13.1 Å². The van der Waals surface area contributed by atoms with Crippen molar-refractivity contribution in [3.63, 3.8) is 0 Å². The van der Waals surface area contributed by atoms with Crippen LogP contribution in [0.5, 0.6) is 0 Å². The summed E-state index contributed by atoms with van der Waals surface area (Å²) in [5.41, 5.74) is 0. The normalized spacial score (nSPS) is 30.7. The molecular weight excluding hydrogens is 146 g/mol. The molecular formula is C8H10ClN. The standard InChI is InChI=1S/C8H10ClN/c9-8-4-1-2-6-10-7-3-5-8/h1-5,10H,6-7H2/b2-1+,5-3+,8-4+. The van der Waals surface area contributed by atoms with Gasteiger partial charge < -0.3 is 5.32 Å². The molecule has 54 valence electrons. The van der Waals surface area contributed by atoms with E-state index < -0.39 is 0 Å². The first-order valence-electron chi connectivity index (χ1n) is 3.29. The fourth-order valence-electron chi connectivity index (χ4n) is 0.705. The van der Waals surface area contributed by atoms with Gasteiger partial charge in [-0.25, -0.2) is 0 Å². The second-order valence-corrected chi connectivity index (χ2v) is 2.48. The molecule has 1 heterocycles. The van der Waals surface area contributed by atoms with Crippen LogP contribution in [0.2, 0.25) is 0 Å². The van der Waals surface area contributed by atoms with Crippen LogP contribution in [0.3, 0.4) is 0 Å². The zero-order valence-corrected chi connectivity index (χ0v) is 6.43. The molecule has 1 nitrogen and oxygen atoms in total. The highest BCUT2D eigenvalue weighted by Crippen LogP contribution is 2.03. The van der Waals surface area contributed by atoms with E-state index in [1.54, 1.807) is 0 Å². The zero-order valence-electron chi connectivity index (χ0n) is 5.68. The molecule has 2 heteroatoms. The largest absolute Gasteiger partial charge is 0.310 e. The van der Waals surface area contributed by atoms with Crippen molar-refractivity contribution in [2.24, 2.45) is 0 Å². The molecule has 0 spiro atoms. The predicted molar refractivity (Wildman–Crippen MR) is 45.1 cm³/mol. The summed E-state index contributed by atoms with van der Waals surface area (Å²) in [7, 11) is 0. The van der Waals surface area contributed by atoms with E-state index >= 15 is 0 Å². The Morgan fingerprint density at radius 1 is 1.30 bits per heavy atom. The van der Waals surface area contributed by atoms with Crippen LogP contribution < -0.4 is 5.32 Å². The average molecular weight is 156 g/mol. The molecule has 0 aromatic rings. The van der Waals surface area contributed by atoms with Gasteiger partial charge in [0.05, 0.1) is 0 Å². The van der Waals surface area contributed by atoms with Crippen molar-refractivity contribution in [3.8, 4) is 0 Å². The minimum atomic E-state index is 0.778. The quantitative estimate of drug-likeness (QED) is 0.563. The zero-order chi connectivity index (χ0) is 7.23. The smallest absolute Gasteiger partial charge is 0.0403 e. The van der Waals surface area contributed by atoms with E-state index in [9.17, 15) is 0 Å². The molecule has 0 aromatic carbocycles. The Labute approximate surface area is 66.1 Å². The molecule has 0 bridgehead atoms. The van der Waals surface area contributed by atoms with Gasteiger partial charge >= 0.3 is 0 Å². The maximum absolute atomic E-state index is 5.76. The first kappa shape index (κ1) is 7.58. The van der Waals surface area contributed by atoms with Crippen LogP contribution in [0.15, 0.2) is 35.4 Å². The first-order chi connectivity index (χ1) is 4.89. The molecule has 0 unspecified atom stereocenters. The highest BCUT2D eigenvalue weighted by molar-refractivity contribution is 6.31. The van der Waals surface area contributed by atoms with Crippen molar-refractivity contribution in [1.82, 2.24) is 5.32 Å². The lowest BCUT2D eigenvalue weighted by Gasteiger charge is -1.91. The van der Waals surface area contributed by atoms with Gasteiger partial charge in [-0.3, -0.25) is 0 Å². The van der Waals surface area contributed by atoms with Gasteiger partial charge in [0.15, 0.2) is 0 Å². The van der Waals surface area contributed by atoms with Gasteiger partial charge in [0.25, 0.3) is 0 Å². The van der Waals surface area contributed by atoms with E-state index in [0.717, 1.165) is 18.1 Å². The fraction of sp³-hybridized carbons (Fsp3) is 0.250. The molecule has 0 fully saturated rings. The van der Waals surface area contributed by atoms with Crippen molar-refractivity contribution in [2.45, 2.75) is 0 Å². The molecule has 10 heavy (non-hydrogen) atoms. The molecule has 0 atom stereocenters. The number of rotatable bonds is 0. The molecule has 1 aliphatic rings. The maximum atomic E-state index is 5.76. The molecule has 0 aliphatic carbocycles. The van der Waals surface area contributed by atoms with Crippen molar-refractivity contribution >= 4 is 11.6 Å². The molecule has 0 saturated carbocycles. The van der Waals surface area contributed by atoms with Crippen LogP contribution in [0, 0.1) is 0 Å². The van der Waals surface area contributed by atoms with Crippen molar-refractivity contribution in [2.75, 3.05) is 13.1 Å². The topological polar surface area (TPSA) is 12.0 Å². The number of hydrogen-bond acceptors (Lipinski definition) is 1. The first-order valence-corrected chi connectivity index (χ1v) is 3.67. The van der Waals surface area contributed by atoms with Gasteiger partial charge in [-0.1, -0.05) is 29.8 Å². The highest BCUT2D eigenvalue weighted by atomic mass is 35.5.